The fraction of sp³-hybridized carbons (Fsp3) is 0.0526. The molecule has 0 atom stereocenters. The highest BCUT2D eigenvalue weighted by Crippen LogP contribution is 2.21. The minimum absolute atomic E-state index is 0.324. The minimum atomic E-state index is -0.324. The number of nitrogens with zero attached hydrogens (tertiary/aromatic N) is 5. The second kappa shape index (κ2) is 8.52. The van der Waals surface area contributed by atoms with Crippen LogP contribution >= 0.6 is 0 Å². The van der Waals surface area contributed by atoms with E-state index in [0.29, 0.717) is 22.4 Å². The molecule has 2 aromatic heterocycles. The molecule has 0 aliphatic carbocycles. The van der Waals surface area contributed by atoms with Crippen molar-refractivity contribution in [2.75, 3.05) is 12.5 Å². The summed E-state index contributed by atoms with van der Waals surface area (Å²) in [5.41, 5.74) is 4.78. The van der Waals surface area contributed by atoms with Gasteiger partial charge in [0.2, 0.25) is 0 Å². The number of rotatable bonds is 7. The van der Waals surface area contributed by atoms with E-state index in [1.165, 1.54) is 30.9 Å². The molecular formula is C19H17FN6O. The molecule has 0 unspecified atom stereocenters. The van der Waals surface area contributed by atoms with Crippen LogP contribution in [-0.4, -0.2) is 33.1 Å². The number of hydrogen-bond donors (Lipinski definition) is 1. The van der Waals surface area contributed by atoms with Gasteiger partial charge in [-0.3, -0.25) is 5.43 Å². The largest absolute Gasteiger partial charge is 0.504 e. The van der Waals surface area contributed by atoms with Crippen molar-refractivity contribution < 1.29 is 9.13 Å². The third-order valence-electron chi connectivity index (χ3n) is 3.51. The smallest absolute Gasteiger partial charge is 0.168 e. The van der Waals surface area contributed by atoms with Crippen LogP contribution in [0.5, 0.6) is 0 Å². The molecule has 27 heavy (non-hydrogen) atoms. The van der Waals surface area contributed by atoms with Crippen molar-refractivity contribution in [2.24, 2.45) is 5.10 Å². The van der Waals surface area contributed by atoms with E-state index in [1.807, 2.05) is 0 Å². The molecule has 0 spiro atoms. The zero-order chi connectivity index (χ0) is 19.1. The van der Waals surface area contributed by atoms with E-state index in [-0.39, 0.29) is 5.82 Å². The first kappa shape index (κ1) is 18.0. The molecule has 0 saturated heterocycles. The number of methoxy groups -OCH3 is 1. The topological polar surface area (TPSA) is 77.2 Å². The van der Waals surface area contributed by atoms with Crippen LogP contribution < -0.4 is 5.43 Å². The Morgan fingerprint density at radius 2 is 2.26 bits per heavy atom. The minimum Gasteiger partial charge on any atom is -0.504 e. The van der Waals surface area contributed by atoms with Gasteiger partial charge < -0.3 is 4.74 Å². The number of hydrogen-bond acceptors (Lipinski definition) is 6. The summed E-state index contributed by atoms with van der Waals surface area (Å²) in [6.07, 6.45) is 11.2. The van der Waals surface area contributed by atoms with Crippen LogP contribution in [-0.2, 0) is 4.74 Å². The Kier molecular flexibility index (Phi) is 5.68. The van der Waals surface area contributed by atoms with Crippen molar-refractivity contribution in [3.8, 4) is 0 Å². The van der Waals surface area contributed by atoms with Crippen molar-refractivity contribution in [3.63, 3.8) is 0 Å². The molecule has 0 saturated carbocycles. The van der Waals surface area contributed by atoms with Crippen molar-refractivity contribution >= 4 is 28.8 Å². The van der Waals surface area contributed by atoms with Gasteiger partial charge in [-0.1, -0.05) is 24.8 Å². The summed E-state index contributed by atoms with van der Waals surface area (Å²) in [5.74, 6) is 0.155. The van der Waals surface area contributed by atoms with Gasteiger partial charge in [-0.15, -0.1) is 0 Å². The fourth-order valence-electron chi connectivity index (χ4n) is 2.33. The maximum absolute atomic E-state index is 13.2. The number of allylic oxidation sites excluding steroid dienone is 4. The van der Waals surface area contributed by atoms with Gasteiger partial charge in [0.05, 0.1) is 36.9 Å². The van der Waals surface area contributed by atoms with Crippen molar-refractivity contribution in [1.29, 1.82) is 0 Å². The molecular weight excluding hydrogens is 347 g/mol. The molecule has 1 N–H and O–H groups in total. The molecule has 136 valence electrons. The normalized spacial score (nSPS) is 12.1. The number of fused-ring (bicyclic) bond motifs is 1. The van der Waals surface area contributed by atoms with Crippen LogP contribution in [0.3, 0.4) is 0 Å². The Bertz CT molecular complexity index is 1040. The Labute approximate surface area is 155 Å². The highest BCUT2D eigenvalue weighted by Gasteiger charge is 2.11. The lowest BCUT2D eigenvalue weighted by Crippen LogP contribution is -2.00. The number of aromatic nitrogens is 4. The number of benzene rings is 1. The zero-order valence-electron chi connectivity index (χ0n) is 14.6. The Morgan fingerprint density at radius 1 is 1.37 bits per heavy atom. The summed E-state index contributed by atoms with van der Waals surface area (Å²) in [5, 5.41) is 9.14. The standard InChI is InChI=1S/C19H17FN6O/c1-3-5-16(8-9-27-2)26-19-17(12-24-26)18(21-13-22-19)25-23-11-14-6-4-7-15(20)10-14/h3-13H,1H2,2H3,(H,21,22,25)/b9-8+,16-5+,23-11+. The molecule has 0 aliphatic heterocycles. The van der Waals surface area contributed by atoms with Gasteiger partial charge in [0.15, 0.2) is 11.5 Å². The predicted molar refractivity (Wildman–Crippen MR) is 104 cm³/mol. The fourth-order valence-corrected chi connectivity index (χ4v) is 2.33. The van der Waals surface area contributed by atoms with Crippen LogP contribution in [0, 0.1) is 5.82 Å². The molecule has 7 nitrogen and oxygen atoms in total. The van der Waals surface area contributed by atoms with E-state index < -0.39 is 0 Å². The lowest BCUT2D eigenvalue weighted by Gasteiger charge is -2.04. The molecule has 0 fully saturated rings. The molecule has 2 heterocycles. The SMILES string of the molecule is C=C/C=C(\C=C\OC)n1ncc2c(N/N=C/c3cccc(F)c3)ncnc21. The Hall–Kier alpha value is -3.81. The van der Waals surface area contributed by atoms with Gasteiger partial charge in [-0.2, -0.15) is 10.2 Å². The van der Waals surface area contributed by atoms with Gasteiger partial charge in [0.25, 0.3) is 0 Å². The second-order valence-electron chi connectivity index (χ2n) is 5.31. The van der Waals surface area contributed by atoms with E-state index in [0.717, 1.165) is 5.70 Å². The summed E-state index contributed by atoms with van der Waals surface area (Å²) in [4.78, 5) is 8.48. The molecule has 0 radical (unpaired) electrons. The number of hydrazone groups is 1. The molecule has 0 bridgehead atoms. The summed E-state index contributed by atoms with van der Waals surface area (Å²) >= 11 is 0. The number of anilines is 1. The maximum Gasteiger partial charge on any atom is 0.168 e. The molecule has 3 rings (SSSR count). The first-order valence-electron chi connectivity index (χ1n) is 7.98. The predicted octanol–water partition coefficient (Wildman–Crippen LogP) is 3.60. The number of ether oxygens (including phenoxy) is 1. The third kappa shape index (κ3) is 4.24. The van der Waals surface area contributed by atoms with E-state index in [2.05, 4.69) is 32.2 Å². The van der Waals surface area contributed by atoms with Crippen molar-refractivity contribution in [2.45, 2.75) is 0 Å². The van der Waals surface area contributed by atoms with E-state index in [1.54, 1.807) is 48.3 Å². The quantitative estimate of drug-likeness (QED) is 0.300. The average molecular weight is 364 g/mol. The first-order valence-corrected chi connectivity index (χ1v) is 7.98. The van der Waals surface area contributed by atoms with E-state index in [9.17, 15) is 4.39 Å². The molecule has 3 aromatic rings. The van der Waals surface area contributed by atoms with Crippen LogP contribution in [0.25, 0.3) is 16.7 Å². The van der Waals surface area contributed by atoms with Gasteiger partial charge >= 0.3 is 0 Å². The van der Waals surface area contributed by atoms with Crippen molar-refractivity contribution in [1.82, 2.24) is 19.7 Å². The van der Waals surface area contributed by atoms with Crippen molar-refractivity contribution in [3.05, 3.63) is 79.2 Å². The van der Waals surface area contributed by atoms with Crippen LogP contribution in [0.1, 0.15) is 5.56 Å². The van der Waals surface area contributed by atoms with Gasteiger partial charge in [-0.05, 0) is 29.8 Å². The third-order valence-corrected chi connectivity index (χ3v) is 3.51. The monoisotopic (exact) mass is 364 g/mol. The molecule has 0 amide bonds. The Morgan fingerprint density at radius 3 is 3.04 bits per heavy atom. The van der Waals surface area contributed by atoms with Crippen LogP contribution in [0.4, 0.5) is 10.2 Å². The summed E-state index contributed by atoms with van der Waals surface area (Å²) in [7, 11) is 1.56. The highest BCUT2D eigenvalue weighted by molar-refractivity contribution is 5.89. The average Bonchev–Trinajstić information content (AvgIpc) is 3.10. The van der Waals surface area contributed by atoms with Gasteiger partial charge in [0, 0.05) is 0 Å². The molecule has 1 aromatic carbocycles. The molecule has 0 aliphatic rings. The Balaban J connectivity index is 1.90. The number of halogens is 1. The molecule has 8 heteroatoms. The van der Waals surface area contributed by atoms with Crippen LogP contribution in [0.2, 0.25) is 0 Å². The summed E-state index contributed by atoms with van der Waals surface area (Å²) < 4.78 is 19.8. The highest BCUT2D eigenvalue weighted by atomic mass is 19.1. The van der Waals surface area contributed by atoms with E-state index >= 15 is 0 Å². The summed E-state index contributed by atoms with van der Waals surface area (Å²) in [6, 6.07) is 6.12. The maximum atomic E-state index is 13.2. The summed E-state index contributed by atoms with van der Waals surface area (Å²) in [6.45, 7) is 3.71. The lowest BCUT2D eigenvalue weighted by atomic mass is 10.2. The number of nitrogens with one attached hydrogen (secondary N) is 1. The van der Waals surface area contributed by atoms with E-state index in [4.69, 9.17) is 4.74 Å². The second-order valence-corrected chi connectivity index (χ2v) is 5.31. The van der Waals surface area contributed by atoms with Gasteiger partial charge in [-0.25, -0.2) is 19.0 Å². The van der Waals surface area contributed by atoms with Gasteiger partial charge in [0.1, 0.15) is 12.1 Å². The lowest BCUT2D eigenvalue weighted by molar-refractivity contribution is 0.338. The first-order chi connectivity index (χ1) is 13.2. The van der Waals surface area contributed by atoms with Crippen LogP contribution in [0.15, 0.2) is 73.0 Å². The zero-order valence-corrected chi connectivity index (χ0v) is 14.6.